The molecule has 1 rings (SSSR count). The van der Waals surface area contributed by atoms with E-state index in [9.17, 15) is 4.79 Å². The van der Waals surface area contributed by atoms with Gasteiger partial charge in [0.2, 0.25) is 0 Å². The lowest BCUT2D eigenvalue weighted by Gasteiger charge is -2.32. The van der Waals surface area contributed by atoms with Crippen molar-refractivity contribution >= 4 is 5.78 Å². The second kappa shape index (κ2) is 4.86. The minimum Gasteiger partial charge on any atom is -0.388 e. The van der Waals surface area contributed by atoms with E-state index < -0.39 is 0 Å². The first kappa shape index (κ1) is 13.0. The van der Waals surface area contributed by atoms with Crippen molar-refractivity contribution in [3.05, 3.63) is 23.4 Å². The molecule has 2 heteroatoms. The van der Waals surface area contributed by atoms with Crippen molar-refractivity contribution in [3.63, 3.8) is 0 Å². The molecule has 16 heavy (non-hydrogen) atoms. The van der Waals surface area contributed by atoms with Gasteiger partial charge in [-0.3, -0.25) is 4.79 Å². The van der Waals surface area contributed by atoms with Gasteiger partial charge in [-0.1, -0.05) is 27.4 Å². The van der Waals surface area contributed by atoms with Crippen LogP contribution in [0.2, 0.25) is 0 Å². The maximum Gasteiger partial charge on any atom is 0.165 e. The largest absolute Gasteiger partial charge is 0.388 e. The summed E-state index contributed by atoms with van der Waals surface area (Å²) in [4.78, 5) is 12.1. The molecule has 0 aromatic rings. The smallest absolute Gasteiger partial charge is 0.165 e. The number of allylic oxidation sites excluding steroid dienone is 3. The Morgan fingerprint density at radius 2 is 2.06 bits per heavy atom. The van der Waals surface area contributed by atoms with Gasteiger partial charge in [-0.25, -0.2) is 0 Å². The Kier molecular flexibility index (Phi) is 3.95. The highest BCUT2D eigenvalue weighted by atomic mass is 16.1. The van der Waals surface area contributed by atoms with E-state index in [2.05, 4.69) is 32.7 Å². The van der Waals surface area contributed by atoms with E-state index in [1.54, 1.807) is 0 Å². The van der Waals surface area contributed by atoms with E-state index in [0.717, 1.165) is 36.2 Å². The van der Waals surface area contributed by atoms with Gasteiger partial charge in [0.25, 0.3) is 0 Å². The number of carbonyl (C=O) groups is 1. The average Bonchev–Trinajstić information content (AvgIpc) is 2.11. The predicted octanol–water partition coefficient (Wildman–Crippen LogP) is 3.21. The molecule has 0 atom stereocenters. The molecule has 0 radical (unpaired) electrons. The summed E-state index contributed by atoms with van der Waals surface area (Å²) in [5.74, 6) is 0.238. The van der Waals surface area contributed by atoms with E-state index in [0.29, 0.717) is 6.42 Å². The van der Waals surface area contributed by atoms with Crippen LogP contribution >= 0.6 is 0 Å². The van der Waals surface area contributed by atoms with E-state index in [1.807, 2.05) is 6.92 Å². The molecule has 0 unspecified atom stereocenters. The number of nitrogens with one attached hydrogen (secondary N) is 1. The second-order valence-corrected chi connectivity index (χ2v) is 5.47. The highest BCUT2D eigenvalue weighted by Gasteiger charge is 2.33. The molecule has 0 amide bonds. The Morgan fingerprint density at radius 1 is 1.44 bits per heavy atom. The zero-order valence-corrected chi connectivity index (χ0v) is 10.9. The normalized spacial score (nSPS) is 23.2. The van der Waals surface area contributed by atoms with Crippen LogP contribution in [0.4, 0.5) is 0 Å². The van der Waals surface area contributed by atoms with Crippen molar-refractivity contribution in [3.8, 4) is 0 Å². The summed E-state index contributed by atoms with van der Waals surface area (Å²) in [7, 11) is 0. The molecule has 1 N–H and O–H groups in total. The SMILES string of the molecule is C=C1CC(C)(C)CC(=O)/C1=C(\C)NCCC. The lowest BCUT2D eigenvalue weighted by atomic mass is 9.72. The number of rotatable bonds is 3. The van der Waals surface area contributed by atoms with E-state index in [-0.39, 0.29) is 11.2 Å². The van der Waals surface area contributed by atoms with Crippen LogP contribution in [0.1, 0.15) is 47.0 Å². The van der Waals surface area contributed by atoms with Crippen LogP contribution < -0.4 is 5.32 Å². The van der Waals surface area contributed by atoms with Gasteiger partial charge >= 0.3 is 0 Å². The number of hydrogen-bond acceptors (Lipinski definition) is 2. The molecular weight excluding hydrogens is 198 g/mol. The Hall–Kier alpha value is -1.05. The number of hydrogen-bond donors (Lipinski definition) is 1. The van der Waals surface area contributed by atoms with Gasteiger partial charge in [0.05, 0.1) is 0 Å². The molecule has 0 aromatic carbocycles. The summed E-state index contributed by atoms with van der Waals surface area (Å²) in [6, 6.07) is 0. The Balaban J connectivity index is 2.89. The highest BCUT2D eigenvalue weighted by Crippen LogP contribution is 2.39. The van der Waals surface area contributed by atoms with Crippen molar-refractivity contribution in [1.29, 1.82) is 0 Å². The lowest BCUT2D eigenvalue weighted by molar-refractivity contribution is -0.118. The fraction of sp³-hybridized carbons (Fsp3) is 0.643. The summed E-state index contributed by atoms with van der Waals surface area (Å²) in [5, 5.41) is 3.29. The fourth-order valence-electron chi connectivity index (χ4n) is 2.32. The van der Waals surface area contributed by atoms with Gasteiger partial charge in [0.1, 0.15) is 0 Å². The van der Waals surface area contributed by atoms with Crippen LogP contribution in [0.3, 0.4) is 0 Å². The molecule has 0 aliphatic heterocycles. The van der Waals surface area contributed by atoms with E-state index >= 15 is 0 Å². The molecule has 1 fully saturated rings. The van der Waals surface area contributed by atoms with Gasteiger partial charge in [0.15, 0.2) is 5.78 Å². The molecule has 0 spiro atoms. The first-order chi connectivity index (χ1) is 7.37. The molecule has 90 valence electrons. The Morgan fingerprint density at radius 3 is 2.56 bits per heavy atom. The van der Waals surface area contributed by atoms with Gasteiger partial charge in [0, 0.05) is 24.2 Å². The summed E-state index contributed by atoms with van der Waals surface area (Å²) >= 11 is 0. The quantitative estimate of drug-likeness (QED) is 0.741. The van der Waals surface area contributed by atoms with Crippen LogP contribution in [-0.2, 0) is 4.79 Å². The van der Waals surface area contributed by atoms with Crippen LogP contribution in [0.25, 0.3) is 0 Å². The third kappa shape index (κ3) is 2.97. The molecule has 0 aromatic heterocycles. The molecule has 0 bridgehead atoms. The van der Waals surface area contributed by atoms with Gasteiger partial charge in [-0.05, 0) is 30.8 Å². The maximum atomic E-state index is 12.1. The first-order valence-corrected chi connectivity index (χ1v) is 6.03. The Bertz CT molecular complexity index is 315. The standard InChI is InChI=1S/C14H23NO/c1-6-7-15-11(3)13-10(2)8-14(4,5)9-12(13)16/h15H,2,6-9H2,1,3-5H3/b13-11+. The lowest BCUT2D eigenvalue weighted by Crippen LogP contribution is -2.29. The van der Waals surface area contributed by atoms with Crippen molar-refractivity contribution in [2.75, 3.05) is 6.54 Å². The third-order valence-corrected chi connectivity index (χ3v) is 2.98. The minimum absolute atomic E-state index is 0.0721. The second-order valence-electron chi connectivity index (χ2n) is 5.47. The summed E-state index contributed by atoms with van der Waals surface area (Å²) < 4.78 is 0. The van der Waals surface area contributed by atoms with Gasteiger partial charge < -0.3 is 5.32 Å². The molecule has 0 saturated heterocycles. The number of carbonyl (C=O) groups excluding carboxylic acids is 1. The molecule has 0 heterocycles. The van der Waals surface area contributed by atoms with Crippen molar-refractivity contribution < 1.29 is 4.79 Å². The number of Topliss-reactive ketones (excluding diaryl/α,β-unsaturated/α-hetero) is 1. The van der Waals surface area contributed by atoms with E-state index in [1.165, 1.54) is 0 Å². The third-order valence-electron chi connectivity index (χ3n) is 2.98. The summed E-state index contributed by atoms with van der Waals surface area (Å²) in [6.45, 7) is 13.3. The van der Waals surface area contributed by atoms with E-state index in [4.69, 9.17) is 0 Å². The Labute approximate surface area is 98.8 Å². The predicted molar refractivity (Wildman–Crippen MR) is 68.2 cm³/mol. The van der Waals surface area contributed by atoms with Crippen LogP contribution in [0, 0.1) is 5.41 Å². The van der Waals surface area contributed by atoms with Crippen molar-refractivity contribution in [2.45, 2.75) is 47.0 Å². The summed E-state index contributed by atoms with van der Waals surface area (Å²) in [6.07, 6.45) is 2.61. The fourth-order valence-corrected chi connectivity index (χ4v) is 2.32. The average molecular weight is 221 g/mol. The van der Waals surface area contributed by atoms with Crippen LogP contribution in [-0.4, -0.2) is 12.3 Å². The maximum absolute atomic E-state index is 12.1. The van der Waals surface area contributed by atoms with Crippen molar-refractivity contribution in [2.24, 2.45) is 5.41 Å². The zero-order chi connectivity index (χ0) is 12.3. The highest BCUT2D eigenvalue weighted by molar-refractivity contribution is 6.01. The zero-order valence-electron chi connectivity index (χ0n) is 10.9. The molecular formula is C14H23NO. The minimum atomic E-state index is 0.0721. The number of ketones is 1. The molecule has 1 aliphatic rings. The monoisotopic (exact) mass is 221 g/mol. The summed E-state index contributed by atoms with van der Waals surface area (Å²) in [5.41, 5.74) is 2.89. The topological polar surface area (TPSA) is 29.1 Å². The van der Waals surface area contributed by atoms with Gasteiger partial charge in [-0.2, -0.15) is 0 Å². The van der Waals surface area contributed by atoms with Crippen LogP contribution in [0.15, 0.2) is 23.4 Å². The van der Waals surface area contributed by atoms with Gasteiger partial charge in [-0.15, -0.1) is 0 Å². The molecule has 1 aliphatic carbocycles. The molecule has 2 nitrogen and oxygen atoms in total. The van der Waals surface area contributed by atoms with Crippen LogP contribution in [0.5, 0.6) is 0 Å². The van der Waals surface area contributed by atoms with Crippen molar-refractivity contribution in [1.82, 2.24) is 5.32 Å². The first-order valence-electron chi connectivity index (χ1n) is 6.03. The molecule has 1 saturated carbocycles.